The lowest BCUT2D eigenvalue weighted by atomic mass is 10.1. The van der Waals surface area contributed by atoms with E-state index in [2.05, 4.69) is 40.7 Å². The molecule has 0 radical (unpaired) electrons. The monoisotopic (exact) mass is 445 g/mol. The molecule has 8 nitrogen and oxygen atoms in total. The van der Waals surface area contributed by atoms with Crippen LogP contribution in [0, 0.1) is 6.92 Å². The van der Waals surface area contributed by atoms with Crippen LogP contribution in [-0.4, -0.2) is 54.7 Å². The summed E-state index contributed by atoms with van der Waals surface area (Å²) in [7, 11) is 8.22. The standard InChI is InChI=1S/C24H35N3O5/c1-17-8-9-19(20(12-17)32-11-7-10-28-3)16-27-24(25-2)26-15-18-13-21(29-4)23(31-6)22(14-18)30-5/h8-9,12-14H,7,10-11,15-16H2,1-6H3,(H2,25,26,27). The predicted molar refractivity (Wildman–Crippen MR) is 126 cm³/mol. The first-order chi connectivity index (χ1) is 15.6. The van der Waals surface area contributed by atoms with Crippen LogP contribution in [0.3, 0.4) is 0 Å². The highest BCUT2D eigenvalue weighted by Crippen LogP contribution is 2.38. The summed E-state index contributed by atoms with van der Waals surface area (Å²) in [4.78, 5) is 4.32. The van der Waals surface area contributed by atoms with E-state index in [4.69, 9.17) is 23.7 Å². The largest absolute Gasteiger partial charge is 0.493 e. The normalized spacial score (nSPS) is 11.1. The molecule has 176 valence electrons. The van der Waals surface area contributed by atoms with Crippen molar-refractivity contribution in [1.29, 1.82) is 0 Å². The minimum Gasteiger partial charge on any atom is -0.493 e. The molecule has 0 fully saturated rings. The molecule has 2 N–H and O–H groups in total. The number of benzene rings is 2. The molecular weight excluding hydrogens is 410 g/mol. The number of aliphatic imine (C=N–C) groups is 1. The van der Waals surface area contributed by atoms with E-state index in [0.29, 0.717) is 49.5 Å². The van der Waals surface area contributed by atoms with Gasteiger partial charge in [-0.3, -0.25) is 4.99 Å². The second kappa shape index (κ2) is 13.3. The molecule has 2 aromatic carbocycles. The SMILES string of the molecule is CN=C(NCc1cc(OC)c(OC)c(OC)c1)NCc1ccc(C)cc1OCCCOC. The van der Waals surface area contributed by atoms with E-state index >= 15 is 0 Å². The lowest BCUT2D eigenvalue weighted by Gasteiger charge is -2.17. The Bertz CT molecular complexity index is 861. The highest BCUT2D eigenvalue weighted by molar-refractivity contribution is 5.79. The zero-order chi connectivity index (χ0) is 23.3. The summed E-state index contributed by atoms with van der Waals surface area (Å²) in [5, 5.41) is 6.66. The highest BCUT2D eigenvalue weighted by Gasteiger charge is 2.13. The quantitative estimate of drug-likeness (QED) is 0.295. The van der Waals surface area contributed by atoms with Crippen molar-refractivity contribution in [3.05, 3.63) is 47.0 Å². The molecule has 0 aliphatic heterocycles. The molecule has 0 saturated heterocycles. The minimum absolute atomic E-state index is 0.532. The fraction of sp³-hybridized carbons (Fsp3) is 0.458. The molecular formula is C24H35N3O5. The molecule has 0 aromatic heterocycles. The first-order valence-electron chi connectivity index (χ1n) is 10.5. The molecule has 0 aliphatic carbocycles. The average Bonchev–Trinajstić information content (AvgIpc) is 2.82. The molecule has 0 atom stereocenters. The lowest BCUT2D eigenvalue weighted by Crippen LogP contribution is -2.36. The van der Waals surface area contributed by atoms with Gasteiger partial charge in [0.1, 0.15) is 5.75 Å². The Morgan fingerprint density at radius 3 is 2.12 bits per heavy atom. The van der Waals surface area contributed by atoms with Crippen molar-refractivity contribution in [2.75, 3.05) is 48.7 Å². The van der Waals surface area contributed by atoms with Crippen molar-refractivity contribution in [2.45, 2.75) is 26.4 Å². The minimum atomic E-state index is 0.532. The van der Waals surface area contributed by atoms with Gasteiger partial charge in [-0.2, -0.15) is 0 Å². The predicted octanol–water partition coefficient (Wildman–Crippen LogP) is 3.30. The maximum Gasteiger partial charge on any atom is 0.203 e. The summed E-state index contributed by atoms with van der Waals surface area (Å²) in [6.45, 7) is 4.45. The van der Waals surface area contributed by atoms with Crippen molar-refractivity contribution in [1.82, 2.24) is 10.6 Å². The molecule has 2 aromatic rings. The Morgan fingerprint density at radius 2 is 1.53 bits per heavy atom. The number of nitrogens with one attached hydrogen (secondary N) is 2. The van der Waals surface area contributed by atoms with Crippen molar-refractivity contribution in [3.8, 4) is 23.0 Å². The van der Waals surface area contributed by atoms with Crippen LogP contribution in [0.1, 0.15) is 23.1 Å². The molecule has 0 saturated carbocycles. The van der Waals surface area contributed by atoms with Gasteiger partial charge in [-0.15, -0.1) is 0 Å². The maximum atomic E-state index is 5.97. The number of methoxy groups -OCH3 is 4. The van der Waals surface area contributed by atoms with E-state index in [9.17, 15) is 0 Å². The van der Waals surface area contributed by atoms with Gasteiger partial charge in [0.05, 0.1) is 27.9 Å². The number of guanidine groups is 1. The number of hydrogen-bond acceptors (Lipinski definition) is 6. The van der Waals surface area contributed by atoms with E-state index in [1.807, 2.05) is 12.1 Å². The summed E-state index contributed by atoms with van der Waals surface area (Å²) >= 11 is 0. The zero-order valence-electron chi connectivity index (χ0n) is 19.9. The van der Waals surface area contributed by atoms with Crippen LogP contribution < -0.4 is 29.6 Å². The first-order valence-corrected chi connectivity index (χ1v) is 10.5. The second-order valence-corrected chi connectivity index (χ2v) is 7.12. The van der Waals surface area contributed by atoms with Gasteiger partial charge in [0, 0.05) is 45.8 Å². The summed E-state index contributed by atoms with van der Waals surface area (Å²) in [6, 6.07) is 10.0. The van der Waals surface area contributed by atoms with Crippen molar-refractivity contribution < 1.29 is 23.7 Å². The summed E-state index contributed by atoms with van der Waals surface area (Å²) in [5.74, 6) is 3.33. The van der Waals surface area contributed by atoms with Crippen LogP contribution in [-0.2, 0) is 17.8 Å². The van der Waals surface area contributed by atoms with Crippen molar-refractivity contribution in [3.63, 3.8) is 0 Å². The van der Waals surface area contributed by atoms with Crippen molar-refractivity contribution in [2.24, 2.45) is 4.99 Å². The number of rotatable bonds is 12. The molecule has 2 rings (SSSR count). The third kappa shape index (κ3) is 7.23. The van der Waals surface area contributed by atoms with Gasteiger partial charge in [-0.25, -0.2) is 0 Å². The van der Waals surface area contributed by atoms with Crippen LogP contribution >= 0.6 is 0 Å². The molecule has 0 amide bonds. The Kier molecular flexibility index (Phi) is 10.5. The van der Waals surface area contributed by atoms with Gasteiger partial charge in [0.25, 0.3) is 0 Å². The fourth-order valence-electron chi connectivity index (χ4n) is 3.15. The van der Waals surface area contributed by atoms with Gasteiger partial charge >= 0.3 is 0 Å². The maximum absolute atomic E-state index is 5.97. The molecule has 8 heteroatoms. The number of ether oxygens (including phenoxy) is 5. The summed E-state index contributed by atoms with van der Waals surface area (Å²) in [6.07, 6.45) is 0.843. The highest BCUT2D eigenvalue weighted by atomic mass is 16.5. The molecule has 0 unspecified atom stereocenters. The van der Waals surface area contributed by atoms with Gasteiger partial charge in [0.15, 0.2) is 17.5 Å². The zero-order valence-corrected chi connectivity index (χ0v) is 19.9. The molecule has 0 spiro atoms. The lowest BCUT2D eigenvalue weighted by molar-refractivity contribution is 0.171. The van der Waals surface area contributed by atoms with Crippen LogP contribution in [0.15, 0.2) is 35.3 Å². The van der Waals surface area contributed by atoms with Crippen LogP contribution in [0.4, 0.5) is 0 Å². The number of aryl methyl sites for hydroxylation is 1. The van der Waals surface area contributed by atoms with Crippen LogP contribution in [0.25, 0.3) is 0 Å². The van der Waals surface area contributed by atoms with E-state index in [-0.39, 0.29) is 0 Å². The Labute approximate surface area is 190 Å². The Morgan fingerprint density at radius 1 is 0.844 bits per heavy atom. The van der Waals surface area contributed by atoms with E-state index in [1.54, 1.807) is 35.5 Å². The number of nitrogens with zero attached hydrogens (tertiary/aromatic N) is 1. The van der Waals surface area contributed by atoms with E-state index < -0.39 is 0 Å². The van der Waals surface area contributed by atoms with E-state index in [1.165, 1.54) is 0 Å². The van der Waals surface area contributed by atoms with Crippen LogP contribution in [0.5, 0.6) is 23.0 Å². The molecule has 32 heavy (non-hydrogen) atoms. The summed E-state index contributed by atoms with van der Waals surface area (Å²) in [5.41, 5.74) is 3.18. The van der Waals surface area contributed by atoms with Crippen molar-refractivity contribution >= 4 is 5.96 Å². The molecule has 0 aliphatic rings. The molecule has 0 heterocycles. The van der Waals surface area contributed by atoms with Crippen LogP contribution in [0.2, 0.25) is 0 Å². The third-order valence-corrected chi connectivity index (χ3v) is 4.83. The Balaban J connectivity index is 2.01. The van der Waals surface area contributed by atoms with Gasteiger partial charge in [-0.1, -0.05) is 12.1 Å². The summed E-state index contributed by atoms with van der Waals surface area (Å²) < 4.78 is 27.3. The topological polar surface area (TPSA) is 82.6 Å². The second-order valence-electron chi connectivity index (χ2n) is 7.12. The number of hydrogen-bond donors (Lipinski definition) is 2. The Hall–Kier alpha value is -3.13. The fourth-order valence-corrected chi connectivity index (χ4v) is 3.15. The van der Waals surface area contributed by atoms with Gasteiger partial charge in [-0.05, 0) is 36.2 Å². The smallest absolute Gasteiger partial charge is 0.203 e. The van der Waals surface area contributed by atoms with Gasteiger partial charge < -0.3 is 34.3 Å². The third-order valence-electron chi connectivity index (χ3n) is 4.83. The van der Waals surface area contributed by atoms with E-state index in [0.717, 1.165) is 28.9 Å². The molecule has 0 bridgehead atoms. The van der Waals surface area contributed by atoms with Gasteiger partial charge in [0.2, 0.25) is 5.75 Å². The first kappa shape index (κ1) is 25.1. The average molecular weight is 446 g/mol.